The third-order valence-electron chi connectivity index (χ3n) is 1.88. The topological polar surface area (TPSA) is 63.2 Å². The van der Waals surface area contributed by atoms with Gasteiger partial charge in [0.1, 0.15) is 0 Å². The molecule has 5 nitrogen and oxygen atoms in total. The smallest absolute Gasteiger partial charge is 0.413 e. The van der Waals surface area contributed by atoms with Crippen molar-refractivity contribution < 1.29 is 9.53 Å². The Morgan fingerprint density at radius 3 is 3.00 bits per heavy atom. The van der Waals surface area contributed by atoms with Crippen LogP contribution in [0.1, 0.15) is 12.6 Å². The molecule has 0 saturated heterocycles. The Kier molecular flexibility index (Phi) is 5.95. The lowest BCUT2D eigenvalue weighted by atomic mass is 10.3. The van der Waals surface area contributed by atoms with Gasteiger partial charge in [-0.25, -0.2) is 4.79 Å². The number of hydrogen-bond acceptors (Lipinski definition) is 4. The number of carbonyl (C=O) groups is 1. The lowest BCUT2D eigenvalue weighted by Crippen LogP contribution is -2.40. The van der Waals surface area contributed by atoms with Gasteiger partial charge < -0.3 is 10.1 Å². The second kappa shape index (κ2) is 7.56. The van der Waals surface area contributed by atoms with Crippen LogP contribution >= 0.6 is 12.2 Å². The van der Waals surface area contributed by atoms with Crippen LogP contribution in [0.15, 0.2) is 24.4 Å². The fourth-order valence-corrected chi connectivity index (χ4v) is 1.34. The molecule has 0 aliphatic rings. The molecular weight excluding hydrogens is 238 g/mol. The molecule has 0 bridgehead atoms. The number of aromatic nitrogens is 1. The number of amides is 1. The first kappa shape index (κ1) is 13.4. The molecule has 0 spiro atoms. The standard InChI is InChI=1S/C11H15N3O2S/c1-2-16-11(15)14-10(17)13-8-6-9-5-3-4-7-12-9/h3-5,7H,2,6,8H2,1H3,(H2,13,14,15,17). The summed E-state index contributed by atoms with van der Waals surface area (Å²) in [6.45, 7) is 2.67. The molecule has 1 aromatic heterocycles. The summed E-state index contributed by atoms with van der Waals surface area (Å²) in [5.41, 5.74) is 0.971. The van der Waals surface area contributed by atoms with Crippen LogP contribution in [0.3, 0.4) is 0 Å². The average Bonchev–Trinajstić information content (AvgIpc) is 2.30. The number of alkyl carbamates (subject to hydrolysis) is 1. The summed E-state index contributed by atoms with van der Waals surface area (Å²) in [6.07, 6.45) is 1.94. The second-order valence-corrected chi connectivity index (χ2v) is 3.58. The molecule has 0 atom stereocenters. The molecular formula is C11H15N3O2S. The van der Waals surface area contributed by atoms with E-state index < -0.39 is 6.09 Å². The highest BCUT2D eigenvalue weighted by atomic mass is 32.1. The highest BCUT2D eigenvalue weighted by Gasteiger charge is 2.03. The zero-order valence-electron chi connectivity index (χ0n) is 9.60. The minimum absolute atomic E-state index is 0.263. The quantitative estimate of drug-likeness (QED) is 0.791. The number of carbonyl (C=O) groups excluding carboxylic acids is 1. The molecule has 2 N–H and O–H groups in total. The molecule has 92 valence electrons. The van der Waals surface area contributed by atoms with E-state index in [1.807, 2.05) is 18.2 Å². The van der Waals surface area contributed by atoms with Crippen LogP contribution in [-0.2, 0) is 11.2 Å². The van der Waals surface area contributed by atoms with Crippen molar-refractivity contribution in [3.8, 4) is 0 Å². The summed E-state index contributed by atoms with van der Waals surface area (Å²) in [6, 6.07) is 5.73. The van der Waals surface area contributed by atoms with Gasteiger partial charge in [0.25, 0.3) is 0 Å². The maximum absolute atomic E-state index is 11.0. The normalized spacial score (nSPS) is 9.47. The van der Waals surface area contributed by atoms with E-state index in [0.717, 1.165) is 12.1 Å². The van der Waals surface area contributed by atoms with E-state index in [4.69, 9.17) is 12.2 Å². The Bertz CT molecular complexity index is 370. The Morgan fingerprint density at radius 2 is 2.35 bits per heavy atom. The van der Waals surface area contributed by atoms with Crippen molar-refractivity contribution >= 4 is 23.4 Å². The van der Waals surface area contributed by atoms with Crippen molar-refractivity contribution in [1.29, 1.82) is 0 Å². The molecule has 1 aromatic rings. The SMILES string of the molecule is CCOC(=O)NC(=S)NCCc1ccccn1. The summed E-state index contributed by atoms with van der Waals surface area (Å²) in [5.74, 6) is 0. The lowest BCUT2D eigenvalue weighted by Gasteiger charge is -2.08. The predicted octanol–water partition coefficient (Wildman–Crippen LogP) is 1.24. The molecule has 0 aromatic carbocycles. The molecule has 0 unspecified atom stereocenters. The van der Waals surface area contributed by atoms with Gasteiger partial charge in [-0.15, -0.1) is 0 Å². The van der Waals surface area contributed by atoms with E-state index in [0.29, 0.717) is 13.2 Å². The van der Waals surface area contributed by atoms with E-state index in [1.54, 1.807) is 13.1 Å². The Labute approximate surface area is 106 Å². The minimum atomic E-state index is -0.539. The van der Waals surface area contributed by atoms with Gasteiger partial charge in [0.15, 0.2) is 5.11 Å². The molecule has 0 radical (unpaired) electrons. The second-order valence-electron chi connectivity index (χ2n) is 3.17. The molecule has 0 aliphatic heterocycles. The molecule has 0 saturated carbocycles. The van der Waals surface area contributed by atoms with Gasteiger partial charge in [-0.1, -0.05) is 6.07 Å². The number of nitrogens with zero attached hydrogens (tertiary/aromatic N) is 1. The van der Waals surface area contributed by atoms with Gasteiger partial charge in [-0.3, -0.25) is 10.3 Å². The van der Waals surface area contributed by atoms with Gasteiger partial charge in [0.05, 0.1) is 6.61 Å². The molecule has 1 rings (SSSR count). The van der Waals surface area contributed by atoms with Crippen molar-refractivity contribution in [1.82, 2.24) is 15.6 Å². The van der Waals surface area contributed by atoms with E-state index in [9.17, 15) is 4.79 Å². The Balaban J connectivity index is 2.18. The van der Waals surface area contributed by atoms with Gasteiger partial charge >= 0.3 is 6.09 Å². The van der Waals surface area contributed by atoms with Crippen molar-refractivity contribution in [3.63, 3.8) is 0 Å². The van der Waals surface area contributed by atoms with Crippen LogP contribution < -0.4 is 10.6 Å². The van der Waals surface area contributed by atoms with Crippen LogP contribution in [0.4, 0.5) is 4.79 Å². The number of ether oxygens (including phenoxy) is 1. The van der Waals surface area contributed by atoms with E-state index in [-0.39, 0.29) is 5.11 Å². The molecule has 0 aliphatic carbocycles. The largest absolute Gasteiger partial charge is 0.450 e. The third-order valence-corrected chi connectivity index (χ3v) is 2.13. The van der Waals surface area contributed by atoms with Gasteiger partial charge in [-0.2, -0.15) is 0 Å². The maximum atomic E-state index is 11.0. The number of nitrogens with one attached hydrogen (secondary N) is 2. The Morgan fingerprint density at radius 1 is 1.53 bits per heavy atom. The van der Waals surface area contributed by atoms with E-state index >= 15 is 0 Å². The monoisotopic (exact) mass is 253 g/mol. The lowest BCUT2D eigenvalue weighted by molar-refractivity contribution is 0.157. The van der Waals surface area contributed by atoms with Gasteiger partial charge in [0, 0.05) is 24.9 Å². The zero-order valence-corrected chi connectivity index (χ0v) is 10.4. The third kappa shape index (κ3) is 5.82. The first-order valence-electron chi connectivity index (χ1n) is 5.34. The molecule has 6 heteroatoms. The maximum Gasteiger partial charge on any atom is 0.413 e. The zero-order chi connectivity index (χ0) is 12.5. The number of rotatable bonds is 4. The van der Waals surface area contributed by atoms with Gasteiger partial charge in [0.2, 0.25) is 0 Å². The minimum Gasteiger partial charge on any atom is -0.450 e. The summed E-state index contributed by atoms with van der Waals surface area (Å²) in [4.78, 5) is 15.2. The van der Waals surface area contributed by atoms with Crippen LogP contribution in [0, 0.1) is 0 Å². The number of pyridine rings is 1. The molecule has 0 fully saturated rings. The number of hydrogen-bond donors (Lipinski definition) is 2. The van der Waals surface area contributed by atoms with Crippen LogP contribution in [-0.4, -0.2) is 29.3 Å². The van der Waals surface area contributed by atoms with Crippen LogP contribution in [0.25, 0.3) is 0 Å². The summed E-state index contributed by atoms with van der Waals surface area (Å²) < 4.78 is 4.69. The van der Waals surface area contributed by atoms with Crippen molar-refractivity contribution in [2.24, 2.45) is 0 Å². The molecule has 1 amide bonds. The van der Waals surface area contributed by atoms with E-state index in [1.165, 1.54) is 0 Å². The number of thiocarbonyl (C=S) groups is 1. The van der Waals surface area contributed by atoms with Crippen LogP contribution in [0.2, 0.25) is 0 Å². The first-order chi connectivity index (χ1) is 8.22. The van der Waals surface area contributed by atoms with Crippen molar-refractivity contribution in [2.45, 2.75) is 13.3 Å². The average molecular weight is 253 g/mol. The fraction of sp³-hybridized carbons (Fsp3) is 0.364. The highest BCUT2D eigenvalue weighted by molar-refractivity contribution is 7.80. The van der Waals surface area contributed by atoms with Crippen molar-refractivity contribution in [2.75, 3.05) is 13.2 Å². The highest BCUT2D eigenvalue weighted by Crippen LogP contribution is 1.92. The summed E-state index contributed by atoms with van der Waals surface area (Å²) >= 11 is 4.92. The fourth-order valence-electron chi connectivity index (χ4n) is 1.15. The first-order valence-corrected chi connectivity index (χ1v) is 5.74. The molecule has 17 heavy (non-hydrogen) atoms. The predicted molar refractivity (Wildman–Crippen MR) is 68.7 cm³/mol. The van der Waals surface area contributed by atoms with E-state index in [2.05, 4.69) is 20.4 Å². The molecule has 1 heterocycles. The summed E-state index contributed by atoms with van der Waals surface area (Å²) in [5, 5.41) is 5.57. The van der Waals surface area contributed by atoms with Crippen LogP contribution in [0.5, 0.6) is 0 Å². The summed E-state index contributed by atoms with van der Waals surface area (Å²) in [7, 11) is 0. The Hall–Kier alpha value is -1.69. The van der Waals surface area contributed by atoms with Gasteiger partial charge in [-0.05, 0) is 31.3 Å². The van der Waals surface area contributed by atoms with Crippen molar-refractivity contribution in [3.05, 3.63) is 30.1 Å².